The Labute approximate surface area is 218 Å². The number of piperazine rings is 1. The summed E-state index contributed by atoms with van der Waals surface area (Å²) in [5.74, 6) is 0.626. The minimum Gasteiger partial charge on any atom is -0.322 e. The van der Waals surface area contributed by atoms with E-state index < -0.39 is 11.6 Å². The van der Waals surface area contributed by atoms with Crippen LogP contribution < -0.4 is 5.32 Å². The van der Waals surface area contributed by atoms with E-state index in [4.69, 9.17) is 0 Å². The lowest BCUT2D eigenvalue weighted by Crippen LogP contribution is -2.43. The summed E-state index contributed by atoms with van der Waals surface area (Å²) in [6.07, 6.45) is 8.26. The average Bonchev–Trinajstić information content (AvgIpc) is 3.17. The van der Waals surface area contributed by atoms with E-state index in [1.54, 1.807) is 0 Å². The van der Waals surface area contributed by atoms with E-state index in [-0.39, 0.29) is 17.2 Å². The minimum atomic E-state index is -0.606. The van der Waals surface area contributed by atoms with Gasteiger partial charge < -0.3 is 14.8 Å². The van der Waals surface area contributed by atoms with Crippen LogP contribution in [0.4, 0.5) is 20.5 Å². The molecule has 1 aromatic carbocycles. The van der Waals surface area contributed by atoms with Gasteiger partial charge in [-0.1, -0.05) is 6.07 Å². The van der Waals surface area contributed by atoms with Gasteiger partial charge in [0.15, 0.2) is 11.6 Å². The van der Waals surface area contributed by atoms with Gasteiger partial charge in [0, 0.05) is 55.4 Å². The number of halogens is 2. The molecule has 3 fully saturated rings. The number of likely N-dealkylation sites (tertiary alicyclic amines) is 2. The lowest BCUT2D eigenvalue weighted by atomic mass is 10.1. The van der Waals surface area contributed by atoms with Crippen molar-refractivity contribution in [2.75, 3.05) is 25.5 Å². The zero-order valence-electron chi connectivity index (χ0n) is 21.2. The van der Waals surface area contributed by atoms with Crippen LogP contribution in [0.2, 0.25) is 0 Å². The Morgan fingerprint density at radius 1 is 1.00 bits per heavy atom. The molecular weight excluding hydrogens is 486 g/mol. The fourth-order valence-electron chi connectivity index (χ4n) is 6.80. The van der Waals surface area contributed by atoms with Gasteiger partial charge in [0.1, 0.15) is 22.9 Å². The predicted molar refractivity (Wildman–Crippen MR) is 139 cm³/mol. The summed E-state index contributed by atoms with van der Waals surface area (Å²) in [6.45, 7) is 3.11. The first-order valence-electron chi connectivity index (χ1n) is 13.4. The molecule has 6 heterocycles. The fourth-order valence-corrected chi connectivity index (χ4v) is 6.80. The highest BCUT2D eigenvalue weighted by Gasteiger charge is 2.50. The molecule has 0 unspecified atom stereocenters. The molecule has 0 amide bonds. The number of rotatable bonds is 5. The second kappa shape index (κ2) is 8.00. The topological polar surface area (TPSA) is 75.0 Å². The first-order chi connectivity index (χ1) is 18.5. The maximum atomic E-state index is 15.1. The lowest BCUT2D eigenvalue weighted by Gasteiger charge is -2.31. The number of pyridine rings is 1. The van der Waals surface area contributed by atoms with Crippen LogP contribution in [0.5, 0.6) is 0 Å². The van der Waals surface area contributed by atoms with Crippen LogP contribution in [0.25, 0.3) is 22.3 Å². The van der Waals surface area contributed by atoms with Gasteiger partial charge >= 0.3 is 0 Å². The average molecular weight is 515 g/mol. The molecule has 38 heavy (non-hydrogen) atoms. The summed E-state index contributed by atoms with van der Waals surface area (Å²) < 4.78 is 32.2. The molecule has 1 saturated carbocycles. The molecule has 0 radical (unpaired) electrons. The molecule has 2 saturated heterocycles. The molecule has 10 heteroatoms. The van der Waals surface area contributed by atoms with E-state index in [1.165, 1.54) is 12.5 Å². The van der Waals surface area contributed by atoms with Gasteiger partial charge in [-0.05, 0) is 56.5 Å². The molecule has 8 rings (SSSR count). The monoisotopic (exact) mass is 514 g/mol. The van der Waals surface area contributed by atoms with Gasteiger partial charge in [-0.2, -0.15) is 0 Å². The van der Waals surface area contributed by atoms with Gasteiger partial charge in [-0.25, -0.2) is 28.7 Å². The number of aryl methyl sites for hydroxylation is 1. The summed E-state index contributed by atoms with van der Waals surface area (Å²) in [7, 11) is 2.20. The number of fused-ring (bicyclic) bond motifs is 6. The van der Waals surface area contributed by atoms with Crippen LogP contribution in [-0.4, -0.2) is 66.5 Å². The minimum absolute atomic E-state index is 0.0485. The normalized spacial score (nSPS) is 23.6. The van der Waals surface area contributed by atoms with Gasteiger partial charge in [-0.15, -0.1) is 0 Å². The molecular formula is C28H28F2N8. The third-order valence-electron chi connectivity index (χ3n) is 8.99. The fraction of sp³-hybridized carbons (Fsp3) is 0.429. The molecule has 3 aliphatic heterocycles. The molecule has 1 spiro atoms. The van der Waals surface area contributed by atoms with Gasteiger partial charge in [0.2, 0.25) is 5.95 Å². The molecule has 3 aromatic heterocycles. The van der Waals surface area contributed by atoms with Crippen LogP contribution in [-0.2, 0) is 18.5 Å². The number of anilines is 2. The maximum absolute atomic E-state index is 15.1. The molecule has 8 nitrogen and oxygen atoms in total. The van der Waals surface area contributed by atoms with E-state index in [0.29, 0.717) is 34.5 Å². The van der Waals surface area contributed by atoms with Crippen molar-refractivity contribution in [3.63, 3.8) is 0 Å². The summed E-state index contributed by atoms with van der Waals surface area (Å²) in [5, 5.41) is 3.07. The van der Waals surface area contributed by atoms with Crippen molar-refractivity contribution in [2.24, 2.45) is 0 Å². The Balaban J connectivity index is 1.05. The van der Waals surface area contributed by atoms with Crippen LogP contribution in [0.1, 0.15) is 37.1 Å². The Morgan fingerprint density at radius 3 is 2.63 bits per heavy atom. The Bertz CT molecular complexity index is 1580. The van der Waals surface area contributed by atoms with Crippen LogP contribution >= 0.6 is 0 Å². The predicted octanol–water partition coefficient (Wildman–Crippen LogP) is 4.23. The van der Waals surface area contributed by atoms with E-state index in [1.807, 2.05) is 24.4 Å². The number of hydrogen-bond donors (Lipinski definition) is 1. The summed E-state index contributed by atoms with van der Waals surface area (Å²) in [6, 6.07) is 8.35. The molecule has 1 N–H and O–H groups in total. The zero-order valence-corrected chi connectivity index (χ0v) is 21.2. The highest BCUT2D eigenvalue weighted by Crippen LogP contribution is 2.53. The number of hydrogen-bond acceptors (Lipinski definition) is 7. The van der Waals surface area contributed by atoms with Crippen molar-refractivity contribution >= 4 is 22.8 Å². The van der Waals surface area contributed by atoms with Crippen molar-refractivity contribution in [3.05, 3.63) is 59.7 Å². The third-order valence-corrected chi connectivity index (χ3v) is 8.99. The van der Waals surface area contributed by atoms with Crippen LogP contribution in [0.15, 0.2) is 36.7 Å². The van der Waals surface area contributed by atoms with Crippen molar-refractivity contribution in [1.82, 2.24) is 34.3 Å². The van der Waals surface area contributed by atoms with Crippen molar-refractivity contribution in [1.29, 1.82) is 0 Å². The molecule has 194 valence electrons. The number of benzene rings is 1. The van der Waals surface area contributed by atoms with Gasteiger partial charge in [-0.3, -0.25) is 4.90 Å². The Kier molecular flexibility index (Phi) is 4.73. The third kappa shape index (κ3) is 3.46. The zero-order chi connectivity index (χ0) is 25.6. The van der Waals surface area contributed by atoms with Crippen molar-refractivity contribution in [3.8, 4) is 11.3 Å². The number of nitrogens with one attached hydrogen (secondary N) is 1. The lowest BCUT2D eigenvalue weighted by molar-refractivity contribution is 0.143. The number of likely N-dealkylation sites (N-methyl/N-ethyl adjacent to an activating group) is 1. The van der Waals surface area contributed by atoms with Crippen LogP contribution in [0, 0.1) is 11.6 Å². The SMILES string of the molecule is CN1C[C@@H]2C[C@H]1CN2Cc1ccc(Nc2ncc(F)c(-c3cc(F)c4nc5n(c4c3)C3(CC5)CC3)n2)nc1. The largest absolute Gasteiger partial charge is 0.322 e. The molecule has 2 atom stereocenters. The van der Waals surface area contributed by atoms with Gasteiger partial charge in [0.25, 0.3) is 0 Å². The summed E-state index contributed by atoms with van der Waals surface area (Å²) in [5.41, 5.74) is 2.70. The van der Waals surface area contributed by atoms with Crippen LogP contribution in [0.3, 0.4) is 0 Å². The van der Waals surface area contributed by atoms with Gasteiger partial charge in [0.05, 0.1) is 11.7 Å². The molecule has 4 aliphatic rings. The highest BCUT2D eigenvalue weighted by molar-refractivity contribution is 5.83. The smallest absolute Gasteiger partial charge is 0.229 e. The number of aromatic nitrogens is 5. The quantitative estimate of drug-likeness (QED) is 0.427. The molecule has 1 aliphatic carbocycles. The summed E-state index contributed by atoms with van der Waals surface area (Å²) in [4.78, 5) is 22.6. The standard InChI is InChI=1S/C28H28F2N8/c1-36-14-19-10-18(36)15-37(19)13-16-2-3-23(31-11-16)33-27-32-12-21(30)25(35-27)17-8-20(29)26-22(9-17)38-24(34-26)4-5-28(38)6-7-28/h2-3,8-9,11-12,18-19H,4-7,10,13-15H2,1H3,(H,31,32,33,35)/t18-,19-/m0/s1. The maximum Gasteiger partial charge on any atom is 0.229 e. The summed E-state index contributed by atoms with van der Waals surface area (Å²) >= 11 is 0. The molecule has 4 aromatic rings. The van der Waals surface area contributed by atoms with E-state index in [0.717, 1.165) is 62.9 Å². The number of nitrogens with zero attached hydrogens (tertiary/aromatic N) is 7. The second-order valence-corrected chi connectivity index (χ2v) is 11.4. The van der Waals surface area contributed by atoms with Crippen molar-refractivity contribution < 1.29 is 8.78 Å². The highest BCUT2D eigenvalue weighted by atomic mass is 19.1. The van der Waals surface area contributed by atoms with E-state index in [9.17, 15) is 4.39 Å². The van der Waals surface area contributed by atoms with E-state index >= 15 is 4.39 Å². The molecule has 2 bridgehead atoms. The first-order valence-corrected chi connectivity index (χ1v) is 13.4. The second-order valence-electron chi connectivity index (χ2n) is 11.4. The van der Waals surface area contributed by atoms with Crippen molar-refractivity contribution in [2.45, 2.75) is 56.3 Å². The first kappa shape index (κ1) is 22.5. The Hall–Kier alpha value is -3.50. The number of imidazole rings is 1. The Morgan fingerprint density at radius 2 is 1.89 bits per heavy atom. The van der Waals surface area contributed by atoms with E-state index in [2.05, 4.69) is 46.7 Å².